The van der Waals surface area contributed by atoms with Gasteiger partial charge < -0.3 is 19.9 Å². The molecule has 1 fully saturated rings. The lowest BCUT2D eigenvalue weighted by atomic mass is 10.0. The van der Waals surface area contributed by atoms with Gasteiger partial charge in [0.15, 0.2) is 0 Å². The molecular weight excluding hydrogens is 430 g/mol. The van der Waals surface area contributed by atoms with E-state index in [0.29, 0.717) is 29.4 Å². The van der Waals surface area contributed by atoms with Crippen LogP contribution in [0.1, 0.15) is 58.7 Å². The summed E-state index contributed by atoms with van der Waals surface area (Å²) in [5.41, 5.74) is 4.68. The Bertz CT molecular complexity index is 1160. The van der Waals surface area contributed by atoms with Gasteiger partial charge in [0.2, 0.25) is 5.76 Å². The number of carbonyl (C=O) groups excluding carboxylic acids is 2. The summed E-state index contributed by atoms with van der Waals surface area (Å²) in [5, 5.41) is 9.89. The number of carbonyl (C=O) groups is 2. The van der Waals surface area contributed by atoms with E-state index in [1.54, 1.807) is 6.07 Å². The summed E-state index contributed by atoms with van der Waals surface area (Å²) in [6.45, 7) is 7.45. The zero-order valence-electron chi connectivity index (χ0n) is 19.9. The molecule has 0 spiro atoms. The lowest BCUT2D eigenvalue weighted by Crippen LogP contribution is -2.31. The third-order valence-corrected chi connectivity index (χ3v) is 5.85. The van der Waals surface area contributed by atoms with Gasteiger partial charge in [0.05, 0.1) is 6.10 Å². The molecule has 34 heavy (non-hydrogen) atoms. The van der Waals surface area contributed by atoms with Crippen LogP contribution in [-0.2, 0) is 11.2 Å². The molecule has 7 heteroatoms. The minimum absolute atomic E-state index is 0.0555. The SMILES string of the molecule is Cc1ccc(NC(=O)c2cccc(CC(C)C)c2)cc1-c1cc(C(=O)NCC2CCCO2)on1. The molecule has 1 aliphatic heterocycles. The van der Waals surface area contributed by atoms with Gasteiger partial charge in [-0.15, -0.1) is 0 Å². The Labute approximate surface area is 199 Å². The Morgan fingerprint density at radius 3 is 2.74 bits per heavy atom. The predicted molar refractivity (Wildman–Crippen MR) is 131 cm³/mol. The molecular formula is C27H31N3O4. The van der Waals surface area contributed by atoms with Gasteiger partial charge in [-0.1, -0.05) is 37.2 Å². The van der Waals surface area contributed by atoms with E-state index >= 15 is 0 Å². The first kappa shape index (κ1) is 23.7. The van der Waals surface area contributed by atoms with Crippen LogP contribution in [0.25, 0.3) is 11.3 Å². The third-order valence-electron chi connectivity index (χ3n) is 5.85. The molecule has 7 nitrogen and oxygen atoms in total. The fourth-order valence-electron chi connectivity index (χ4n) is 4.10. The number of amides is 2. The van der Waals surface area contributed by atoms with E-state index in [9.17, 15) is 9.59 Å². The normalized spacial score (nSPS) is 15.5. The van der Waals surface area contributed by atoms with Gasteiger partial charge in [0.1, 0.15) is 5.69 Å². The molecule has 1 aliphatic rings. The first-order valence-electron chi connectivity index (χ1n) is 11.8. The van der Waals surface area contributed by atoms with E-state index in [0.717, 1.165) is 42.6 Å². The van der Waals surface area contributed by atoms with Crippen LogP contribution in [0.3, 0.4) is 0 Å². The molecule has 2 amide bonds. The summed E-state index contributed by atoms with van der Waals surface area (Å²) < 4.78 is 10.8. The number of hydrogen-bond donors (Lipinski definition) is 2. The van der Waals surface area contributed by atoms with Crippen LogP contribution in [0.5, 0.6) is 0 Å². The van der Waals surface area contributed by atoms with Crippen LogP contribution in [0, 0.1) is 12.8 Å². The van der Waals surface area contributed by atoms with Crippen molar-refractivity contribution in [2.45, 2.75) is 46.1 Å². The quantitative estimate of drug-likeness (QED) is 0.492. The molecule has 2 N–H and O–H groups in total. The lowest BCUT2D eigenvalue weighted by Gasteiger charge is -2.10. The predicted octanol–water partition coefficient (Wildman–Crippen LogP) is 5.01. The Hall–Kier alpha value is -3.45. The van der Waals surface area contributed by atoms with Crippen molar-refractivity contribution in [1.82, 2.24) is 10.5 Å². The number of benzene rings is 2. The van der Waals surface area contributed by atoms with Crippen LogP contribution in [0.2, 0.25) is 0 Å². The zero-order valence-corrected chi connectivity index (χ0v) is 19.9. The van der Waals surface area contributed by atoms with Crippen LogP contribution in [0.4, 0.5) is 5.69 Å². The fraction of sp³-hybridized carbons (Fsp3) is 0.370. The second-order valence-corrected chi connectivity index (χ2v) is 9.20. The van der Waals surface area contributed by atoms with Crippen molar-refractivity contribution in [3.05, 3.63) is 71.0 Å². The van der Waals surface area contributed by atoms with Crippen LogP contribution in [0.15, 0.2) is 53.1 Å². The summed E-state index contributed by atoms with van der Waals surface area (Å²) in [4.78, 5) is 25.3. The smallest absolute Gasteiger partial charge is 0.290 e. The Morgan fingerprint density at radius 1 is 1.12 bits per heavy atom. The third kappa shape index (κ3) is 5.91. The lowest BCUT2D eigenvalue weighted by molar-refractivity contribution is 0.0827. The van der Waals surface area contributed by atoms with Crippen molar-refractivity contribution < 1.29 is 18.8 Å². The highest BCUT2D eigenvalue weighted by atomic mass is 16.5. The number of nitrogens with one attached hydrogen (secondary N) is 2. The first-order valence-corrected chi connectivity index (χ1v) is 11.8. The van der Waals surface area contributed by atoms with Gasteiger partial charge >= 0.3 is 0 Å². The highest BCUT2D eigenvalue weighted by Crippen LogP contribution is 2.27. The van der Waals surface area contributed by atoms with E-state index in [2.05, 4.69) is 29.6 Å². The summed E-state index contributed by atoms with van der Waals surface area (Å²) in [6, 6.07) is 14.9. The highest BCUT2D eigenvalue weighted by molar-refractivity contribution is 6.04. The molecule has 1 unspecified atom stereocenters. The largest absolute Gasteiger partial charge is 0.376 e. The van der Waals surface area contributed by atoms with Crippen molar-refractivity contribution in [1.29, 1.82) is 0 Å². The molecule has 1 atom stereocenters. The fourth-order valence-corrected chi connectivity index (χ4v) is 4.10. The first-order chi connectivity index (χ1) is 16.4. The van der Waals surface area contributed by atoms with Crippen LogP contribution < -0.4 is 10.6 Å². The Kier molecular flexibility index (Phi) is 7.43. The molecule has 0 aliphatic carbocycles. The van der Waals surface area contributed by atoms with Gasteiger partial charge in [-0.2, -0.15) is 0 Å². The number of hydrogen-bond acceptors (Lipinski definition) is 5. The van der Waals surface area contributed by atoms with Crippen molar-refractivity contribution >= 4 is 17.5 Å². The second-order valence-electron chi connectivity index (χ2n) is 9.20. The Morgan fingerprint density at radius 2 is 1.97 bits per heavy atom. The Balaban J connectivity index is 1.45. The van der Waals surface area contributed by atoms with Gasteiger partial charge in [0.25, 0.3) is 11.8 Å². The van der Waals surface area contributed by atoms with Gasteiger partial charge in [0, 0.05) is 36.0 Å². The van der Waals surface area contributed by atoms with E-state index in [4.69, 9.17) is 9.26 Å². The standard InChI is InChI=1S/C27H31N3O4/c1-17(2)12-19-6-4-7-20(13-19)26(31)29-21-10-9-18(3)23(14-21)24-15-25(34-30-24)27(32)28-16-22-8-5-11-33-22/h4,6-7,9-10,13-15,17,22H,5,8,11-12,16H2,1-3H3,(H,28,32)(H,29,31). The van der Waals surface area contributed by atoms with Crippen molar-refractivity contribution in [3.63, 3.8) is 0 Å². The average Bonchev–Trinajstić information content (AvgIpc) is 3.51. The zero-order chi connectivity index (χ0) is 24.1. The van der Waals surface area contributed by atoms with Crippen LogP contribution >= 0.6 is 0 Å². The molecule has 2 aromatic carbocycles. The topological polar surface area (TPSA) is 93.5 Å². The second kappa shape index (κ2) is 10.7. The van der Waals surface area contributed by atoms with Crippen molar-refractivity contribution in [2.24, 2.45) is 5.92 Å². The van der Waals surface area contributed by atoms with Gasteiger partial charge in [-0.25, -0.2) is 0 Å². The maximum atomic E-state index is 12.9. The van der Waals surface area contributed by atoms with E-state index in [-0.39, 0.29) is 23.7 Å². The number of rotatable bonds is 8. The number of nitrogens with zero attached hydrogens (tertiary/aromatic N) is 1. The number of ether oxygens (including phenoxy) is 1. The minimum Gasteiger partial charge on any atom is -0.376 e. The molecule has 0 radical (unpaired) electrons. The van der Waals surface area contributed by atoms with Gasteiger partial charge in [-0.05, 0) is 67.5 Å². The maximum Gasteiger partial charge on any atom is 0.290 e. The van der Waals surface area contributed by atoms with Crippen molar-refractivity contribution in [2.75, 3.05) is 18.5 Å². The highest BCUT2D eigenvalue weighted by Gasteiger charge is 2.20. The van der Waals surface area contributed by atoms with Crippen molar-refractivity contribution in [3.8, 4) is 11.3 Å². The monoisotopic (exact) mass is 461 g/mol. The molecule has 178 valence electrons. The van der Waals surface area contributed by atoms with Gasteiger partial charge in [-0.3, -0.25) is 9.59 Å². The molecule has 2 heterocycles. The molecule has 0 bridgehead atoms. The summed E-state index contributed by atoms with van der Waals surface area (Å²) >= 11 is 0. The summed E-state index contributed by atoms with van der Waals surface area (Å²) in [7, 11) is 0. The number of aryl methyl sites for hydroxylation is 1. The molecule has 3 aromatic rings. The summed E-state index contributed by atoms with van der Waals surface area (Å²) in [5.74, 6) is 0.166. The average molecular weight is 462 g/mol. The number of anilines is 1. The summed E-state index contributed by atoms with van der Waals surface area (Å²) in [6.07, 6.45) is 2.94. The molecule has 0 saturated carbocycles. The van der Waals surface area contributed by atoms with E-state index in [1.807, 2.05) is 49.4 Å². The molecule has 1 aromatic heterocycles. The number of aromatic nitrogens is 1. The van der Waals surface area contributed by atoms with Crippen LogP contribution in [-0.4, -0.2) is 36.2 Å². The van der Waals surface area contributed by atoms with E-state index < -0.39 is 0 Å². The van der Waals surface area contributed by atoms with E-state index in [1.165, 1.54) is 0 Å². The molecule has 4 rings (SSSR count). The molecule has 1 saturated heterocycles. The maximum absolute atomic E-state index is 12.9. The minimum atomic E-state index is -0.322.